The van der Waals surface area contributed by atoms with Crippen molar-refractivity contribution in [3.05, 3.63) is 32.7 Å². The van der Waals surface area contributed by atoms with Gasteiger partial charge >= 0.3 is 0 Å². The maximum atomic E-state index is 12.0. The Labute approximate surface area is 129 Å². The standard InChI is InChI=1S/C13H16Br2N2O2/c1-7(2)16-12(18)8(3)17-13(19)9-4-10(14)6-11(15)5-9/h4-8H,1-3H3,(H,16,18)(H,17,19). The second-order valence-electron chi connectivity index (χ2n) is 4.52. The number of rotatable bonds is 4. The van der Waals surface area contributed by atoms with Crippen LogP contribution in [-0.4, -0.2) is 23.9 Å². The molecule has 0 saturated heterocycles. The summed E-state index contributed by atoms with van der Waals surface area (Å²) in [5, 5.41) is 5.41. The summed E-state index contributed by atoms with van der Waals surface area (Å²) in [4.78, 5) is 23.7. The van der Waals surface area contributed by atoms with E-state index in [9.17, 15) is 9.59 Å². The van der Waals surface area contributed by atoms with Gasteiger partial charge in [-0.2, -0.15) is 0 Å². The molecule has 0 fully saturated rings. The summed E-state index contributed by atoms with van der Waals surface area (Å²) < 4.78 is 1.60. The van der Waals surface area contributed by atoms with Gasteiger partial charge in [0.15, 0.2) is 0 Å². The van der Waals surface area contributed by atoms with Gasteiger partial charge in [0, 0.05) is 20.6 Å². The highest BCUT2D eigenvalue weighted by atomic mass is 79.9. The molecule has 2 N–H and O–H groups in total. The minimum Gasteiger partial charge on any atom is -0.352 e. The van der Waals surface area contributed by atoms with Gasteiger partial charge in [-0.05, 0) is 39.0 Å². The smallest absolute Gasteiger partial charge is 0.251 e. The Morgan fingerprint density at radius 3 is 2.00 bits per heavy atom. The van der Waals surface area contributed by atoms with Gasteiger partial charge in [-0.3, -0.25) is 9.59 Å². The lowest BCUT2D eigenvalue weighted by Crippen LogP contribution is -2.46. The van der Waals surface area contributed by atoms with Gasteiger partial charge in [-0.1, -0.05) is 31.9 Å². The topological polar surface area (TPSA) is 58.2 Å². The van der Waals surface area contributed by atoms with Crippen LogP contribution in [0.25, 0.3) is 0 Å². The average molecular weight is 392 g/mol. The van der Waals surface area contributed by atoms with Crippen molar-refractivity contribution in [2.24, 2.45) is 0 Å². The Hall–Kier alpha value is -0.880. The van der Waals surface area contributed by atoms with Gasteiger partial charge in [0.05, 0.1) is 0 Å². The molecule has 2 amide bonds. The normalized spacial score (nSPS) is 12.1. The van der Waals surface area contributed by atoms with E-state index in [1.165, 1.54) is 0 Å². The fourth-order valence-electron chi connectivity index (χ4n) is 1.44. The summed E-state index contributed by atoms with van der Waals surface area (Å²) in [6.07, 6.45) is 0. The molecule has 0 heterocycles. The van der Waals surface area contributed by atoms with E-state index in [1.807, 2.05) is 19.9 Å². The molecule has 1 aromatic carbocycles. The molecule has 4 nitrogen and oxygen atoms in total. The molecule has 0 saturated carbocycles. The first-order valence-corrected chi connectivity index (χ1v) is 7.45. The van der Waals surface area contributed by atoms with Crippen molar-refractivity contribution in [3.63, 3.8) is 0 Å². The molecule has 0 spiro atoms. The van der Waals surface area contributed by atoms with E-state index in [4.69, 9.17) is 0 Å². The lowest BCUT2D eigenvalue weighted by molar-refractivity contribution is -0.123. The van der Waals surface area contributed by atoms with Crippen LogP contribution in [-0.2, 0) is 4.79 Å². The Kier molecular flexibility index (Phi) is 6.00. The SMILES string of the molecule is CC(C)NC(=O)C(C)NC(=O)c1cc(Br)cc(Br)c1. The van der Waals surface area contributed by atoms with E-state index in [2.05, 4.69) is 42.5 Å². The van der Waals surface area contributed by atoms with E-state index in [0.29, 0.717) is 5.56 Å². The third-order valence-corrected chi connectivity index (χ3v) is 3.21. The van der Waals surface area contributed by atoms with E-state index >= 15 is 0 Å². The third kappa shape index (κ3) is 5.32. The zero-order valence-corrected chi connectivity index (χ0v) is 14.1. The van der Waals surface area contributed by atoms with Crippen LogP contribution in [0.1, 0.15) is 31.1 Å². The zero-order chi connectivity index (χ0) is 14.6. The molecule has 0 aliphatic rings. The van der Waals surface area contributed by atoms with Crippen LogP contribution in [0.5, 0.6) is 0 Å². The van der Waals surface area contributed by atoms with E-state index in [0.717, 1.165) is 8.95 Å². The van der Waals surface area contributed by atoms with Crippen LogP contribution < -0.4 is 10.6 Å². The number of benzene rings is 1. The Morgan fingerprint density at radius 2 is 1.53 bits per heavy atom. The molecular formula is C13H16Br2N2O2. The van der Waals surface area contributed by atoms with Crippen LogP contribution in [0.2, 0.25) is 0 Å². The first-order valence-electron chi connectivity index (χ1n) is 5.87. The van der Waals surface area contributed by atoms with E-state index in [1.54, 1.807) is 19.1 Å². The van der Waals surface area contributed by atoms with Crippen molar-refractivity contribution in [2.45, 2.75) is 32.9 Å². The van der Waals surface area contributed by atoms with Gasteiger partial charge in [-0.25, -0.2) is 0 Å². The minimum atomic E-state index is -0.576. The average Bonchev–Trinajstić information content (AvgIpc) is 2.26. The first kappa shape index (κ1) is 16.2. The Morgan fingerprint density at radius 1 is 1.00 bits per heavy atom. The summed E-state index contributed by atoms with van der Waals surface area (Å²) in [7, 11) is 0. The molecule has 104 valence electrons. The molecule has 0 bridgehead atoms. The van der Waals surface area contributed by atoms with Crippen molar-refractivity contribution in [1.29, 1.82) is 0 Å². The van der Waals surface area contributed by atoms with Crippen molar-refractivity contribution in [3.8, 4) is 0 Å². The predicted molar refractivity (Wildman–Crippen MR) is 82.0 cm³/mol. The van der Waals surface area contributed by atoms with Gasteiger partial charge in [0.25, 0.3) is 5.91 Å². The predicted octanol–water partition coefficient (Wildman–Crippen LogP) is 2.85. The fourth-order valence-corrected chi connectivity index (χ4v) is 2.73. The van der Waals surface area contributed by atoms with Crippen molar-refractivity contribution >= 4 is 43.7 Å². The van der Waals surface area contributed by atoms with E-state index in [-0.39, 0.29) is 17.9 Å². The lowest BCUT2D eigenvalue weighted by atomic mass is 10.2. The largest absolute Gasteiger partial charge is 0.352 e. The number of hydrogen-bond acceptors (Lipinski definition) is 2. The summed E-state index contributed by atoms with van der Waals surface area (Å²) in [6, 6.07) is 4.71. The minimum absolute atomic E-state index is 0.0480. The van der Waals surface area contributed by atoms with Crippen LogP contribution in [0.4, 0.5) is 0 Å². The summed E-state index contributed by atoms with van der Waals surface area (Å²) in [6.45, 7) is 5.40. The van der Waals surface area contributed by atoms with Crippen molar-refractivity contribution in [1.82, 2.24) is 10.6 Å². The molecule has 0 aliphatic carbocycles. The van der Waals surface area contributed by atoms with Gasteiger partial charge in [0.2, 0.25) is 5.91 Å². The number of amides is 2. The molecule has 1 unspecified atom stereocenters. The molecule has 0 aromatic heterocycles. The first-order chi connectivity index (χ1) is 8.79. The maximum Gasteiger partial charge on any atom is 0.251 e. The maximum absolute atomic E-state index is 12.0. The second kappa shape index (κ2) is 7.05. The molecule has 19 heavy (non-hydrogen) atoms. The van der Waals surface area contributed by atoms with Crippen molar-refractivity contribution < 1.29 is 9.59 Å². The molecule has 1 atom stereocenters. The zero-order valence-electron chi connectivity index (χ0n) is 11.0. The number of carbonyl (C=O) groups is 2. The summed E-state index contributed by atoms with van der Waals surface area (Å²) in [5.41, 5.74) is 0.491. The third-order valence-electron chi connectivity index (χ3n) is 2.30. The van der Waals surface area contributed by atoms with Crippen LogP contribution in [0, 0.1) is 0 Å². The molecule has 0 radical (unpaired) electrons. The number of carbonyl (C=O) groups excluding carboxylic acids is 2. The summed E-state index contributed by atoms with van der Waals surface area (Å²) >= 11 is 6.64. The van der Waals surface area contributed by atoms with Crippen LogP contribution in [0.3, 0.4) is 0 Å². The molecule has 1 rings (SSSR count). The number of hydrogen-bond donors (Lipinski definition) is 2. The van der Waals surface area contributed by atoms with Gasteiger partial charge < -0.3 is 10.6 Å². The highest BCUT2D eigenvalue weighted by Gasteiger charge is 2.17. The lowest BCUT2D eigenvalue weighted by Gasteiger charge is -2.16. The van der Waals surface area contributed by atoms with E-state index < -0.39 is 6.04 Å². The van der Waals surface area contributed by atoms with Crippen LogP contribution in [0.15, 0.2) is 27.1 Å². The molecule has 0 aliphatic heterocycles. The van der Waals surface area contributed by atoms with Gasteiger partial charge in [0.1, 0.15) is 6.04 Å². The van der Waals surface area contributed by atoms with Crippen LogP contribution >= 0.6 is 31.9 Å². The second-order valence-corrected chi connectivity index (χ2v) is 6.35. The highest BCUT2D eigenvalue weighted by Crippen LogP contribution is 2.20. The Bertz CT molecular complexity index is 469. The fraction of sp³-hybridized carbons (Fsp3) is 0.385. The Balaban J connectivity index is 2.71. The molecular weight excluding hydrogens is 376 g/mol. The molecule has 1 aromatic rings. The summed E-state index contributed by atoms with van der Waals surface area (Å²) in [5.74, 6) is -0.481. The van der Waals surface area contributed by atoms with Gasteiger partial charge in [-0.15, -0.1) is 0 Å². The highest BCUT2D eigenvalue weighted by molar-refractivity contribution is 9.11. The van der Waals surface area contributed by atoms with Crippen molar-refractivity contribution in [2.75, 3.05) is 0 Å². The quantitative estimate of drug-likeness (QED) is 0.828. The molecule has 6 heteroatoms. The number of halogens is 2. The monoisotopic (exact) mass is 390 g/mol. The number of nitrogens with one attached hydrogen (secondary N) is 2.